The molecule has 31 heavy (non-hydrogen) atoms. The number of pyridine rings is 1. The van der Waals surface area contributed by atoms with Crippen LogP contribution in [0.1, 0.15) is 28.8 Å². The molecule has 1 aliphatic heterocycles. The molecule has 4 rings (SSSR count). The molecule has 3 aromatic rings. The van der Waals surface area contributed by atoms with Crippen molar-refractivity contribution < 1.29 is 22.7 Å². The van der Waals surface area contributed by atoms with E-state index in [0.717, 1.165) is 16.3 Å². The van der Waals surface area contributed by atoms with Gasteiger partial charge in [0.05, 0.1) is 11.5 Å². The van der Waals surface area contributed by atoms with Crippen molar-refractivity contribution in [1.29, 1.82) is 0 Å². The van der Waals surface area contributed by atoms with E-state index in [4.69, 9.17) is 10.5 Å². The molecule has 0 spiro atoms. The van der Waals surface area contributed by atoms with E-state index in [2.05, 4.69) is 9.88 Å². The quantitative estimate of drug-likeness (QED) is 0.626. The predicted molar refractivity (Wildman–Crippen MR) is 111 cm³/mol. The zero-order valence-corrected chi connectivity index (χ0v) is 16.7. The van der Waals surface area contributed by atoms with Crippen molar-refractivity contribution in [2.75, 3.05) is 13.1 Å². The fourth-order valence-electron chi connectivity index (χ4n) is 3.92. The number of nitrogens with zero attached hydrogens (tertiary/aromatic N) is 2. The molecule has 0 atom stereocenters. The van der Waals surface area contributed by atoms with E-state index < -0.39 is 18.0 Å². The number of benzene rings is 2. The fraction of sp³-hybridized carbons (Fsp3) is 0.304. The molecule has 2 aromatic carbocycles. The van der Waals surface area contributed by atoms with Crippen LogP contribution in [-0.4, -0.2) is 35.1 Å². The number of nitrogens with two attached hydrogens (primary N) is 1. The summed E-state index contributed by atoms with van der Waals surface area (Å²) in [5.41, 5.74) is 6.56. The van der Waals surface area contributed by atoms with Gasteiger partial charge in [0.2, 0.25) is 11.8 Å². The Balaban J connectivity index is 1.52. The normalized spacial score (nSPS) is 15.8. The second-order valence-electron chi connectivity index (χ2n) is 7.71. The maximum atomic E-state index is 12.9. The standard InChI is InChI=1S/C23H22F3N3O2/c24-23(25,26)17-9-11-29(12-10-17)14-16-5-7-20(19-4-2-1-3-18(16)19)31-21-8-6-15(13-28-21)22(27)30/h1-8,13,17H,9-12,14H2,(H2,27,30). The highest BCUT2D eigenvalue weighted by Gasteiger charge is 2.41. The fourth-order valence-corrected chi connectivity index (χ4v) is 3.92. The molecule has 1 amide bonds. The van der Waals surface area contributed by atoms with Gasteiger partial charge in [-0.15, -0.1) is 0 Å². The third kappa shape index (κ3) is 4.80. The molecule has 5 nitrogen and oxygen atoms in total. The van der Waals surface area contributed by atoms with Gasteiger partial charge in [-0.2, -0.15) is 13.2 Å². The number of amides is 1. The summed E-state index contributed by atoms with van der Waals surface area (Å²) in [5, 5.41) is 1.86. The molecule has 2 N–H and O–H groups in total. The number of carbonyl (C=O) groups is 1. The van der Waals surface area contributed by atoms with Gasteiger partial charge in [0, 0.05) is 24.2 Å². The Labute approximate surface area is 177 Å². The molecule has 0 bridgehead atoms. The van der Waals surface area contributed by atoms with E-state index in [-0.39, 0.29) is 12.8 Å². The van der Waals surface area contributed by atoms with Gasteiger partial charge >= 0.3 is 6.18 Å². The molecule has 0 unspecified atom stereocenters. The first-order chi connectivity index (χ1) is 14.8. The van der Waals surface area contributed by atoms with Crippen molar-refractivity contribution >= 4 is 16.7 Å². The van der Waals surface area contributed by atoms with Crippen molar-refractivity contribution in [3.63, 3.8) is 0 Å². The zero-order valence-electron chi connectivity index (χ0n) is 16.7. The second-order valence-corrected chi connectivity index (χ2v) is 7.71. The smallest absolute Gasteiger partial charge is 0.391 e. The van der Waals surface area contributed by atoms with Crippen LogP contribution in [0.15, 0.2) is 54.7 Å². The van der Waals surface area contributed by atoms with Gasteiger partial charge in [-0.3, -0.25) is 9.69 Å². The zero-order chi connectivity index (χ0) is 22.0. The largest absolute Gasteiger partial charge is 0.438 e. The highest BCUT2D eigenvalue weighted by Crippen LogP contribution is 2.36. The molecule has 8 heteroatoms. The number of likely N-dealkylation sites (tertiary alicyclic amines) is 1. The summed E-state index contributed by atoms with van der Waals surface area (Å²) < 4.78 is 44.7. The van der Waals surface area contributed by atoms with Gasteiger partial charge in [-0.05, 0) is 49.0 Å². The minimum Gasteiger partial charge on any atom is -0.438 e. The number of primary amides is 1. The third-order valence-corrected chi connectivity index (χ3v) is 5.65. The lowest BCUT2D eigenvalue weighted by Gasteiger charge is -2.33. The van der Waals surface area contributed by atoms with Crippen molar-refractivity contribution in [3.8, 4) is 11.6 Å². The lowest BCUT2D eigenvalue weighted by atomic mass is 9.95. The van der Waals surface area contributed by atoms with Crippen molar-refractivity contribution in [2.24, 2.45) is 11.7 Å². The minimum absolute atomic E-state index is 0.135. The van der Waals surface area contributed by atoms with Crippen LogP contribution < -0.4 is 10.5 Å². The van der Waals surface area contributed by atoms with Gasteiger partial charge in [0.15, 0.2) is 0 Å². The number of alkyl halides is 3. The SMILES string of the molecule is NC(=O)c1ccc(Oc2ccc(CN3CCC(C(F)(F)F)CC3)c3ccccc23)nc1. The topological polar surface area (TPSA) is 68.5 Å². The maximum Gasteiger partial charge on any atom is 0.391 e. The molecular formula is C23H22F3N3O2. The van der Waals surface area contributed by atoms with E-state index in [0.29, 0.717) is 36.8 Å². The number of piperidine rings is 1. The lowest BCUT2D eigenvalue weighted by Crippen LogP contribution is -2.38. The van der Waals surface area contributed by atoms with E-state index in [1.165, 1.54) is 6.20 Å². The van der Waals surface area contributed by atoms with Crippen LogP contribution in [-0.2, 0) is 6.54 Å². The predicted octanol–water partition coefficient (Wildman–Crippen LogP) is 4.90. The molecule has 1 aliphatic rings. The summed E-state index contributed by atoms with van der Waals surface area (Å²) in [6.07, 6.45) is -2.48. The highest BCUT2D eigenvalue weighted by molar-refractivity contribution is 5.92. The number of hydrogen-bond donors (Lipinski definition) is 1. The number of fused-ring (bicyclic) bond motifs is 1. The van der Waals surface area contributed by atoms with Crippen LogP contribution in [0.25, 0.3) is 10.8 Å². The van der Waals surface area contributed by atoms with Gasteiger partial charge in [-0.1, -0.05) is 30.3 Å². The maximum absolute atomic E-state index is 12.9. The molecular weight excluding hydrogens is 407 g/mol. The van der Waals surface area contributed by atoms with Crippen molar-refractivity contribution in [1.82, 2.24) is 9.88 Å². The Morgan fingerprint density at radius 2 is 1.77 bits per heavy atom. The van der Waals surface area contributed by atoms with Crippen LogP contribution in [0.3, 0.4) is 0 Å². The van der Waals surface area contributed by atoms with Crippen LogP contribution in [0, 0.1) is 5.92 Å². The summed E-state index contributed by atoms with van der Waals surface area (Å²) in [7, 11) is 0. The van der Waals surface area contributed by atoms with Gasteiger partial charge in [-0.25, -0.2) is 4.98 Å². The van der Waals surface area contributed by atoms with E-state index in [1.807, 2.05) is 36.4 Å². The molecule has 1 fully saturated rings. The molecule has 162 valence electrons. The summed E-state index contributed by atoms with van der Waals surface area (Å²) in [6, 6.07) is 14.6. The Bertz CT molecular complexity index is 1080. The van der Waals surface area contributed by atoms with E-state index >= 15 is 0 Å². The van der Waals surface area contributed by atoms with Crippen molar-refractivity contribution in [2.45, 2.75) is 25.6 Å². The Morgan fingerprint density at radius 3 is 2.39 bits per heavy atom. The molecule has 0 radical (unpaired) electrons. The van der Waals surface area contributed by atoms with Gasteiger partial charge in [0.1, 0.15) is 5.75 Å². The number of ether oxygens (including phenoxy) is 1. The summed E-state index contributed by atoms with van der Waals surface area (Å²) >= 11 is 0. The van der Waals surface area contributed by atoms with Crippen molar-refractivity contribution in [3.05, 3.63) is 65.9 Å². The van der Waals surface area contributed by atoms with E-state index in [9.17, 15) is 18.0 Å². The summed E-state index contributed by atoms with van der Waals surface area (Å²) in [4.78, 5) is 17.4. The summed E-state index contributed by atoms with van der Waals surface area (Å²) in [6.45, 7) is 1.43. The second kappa shape index (κ2) is 8.55. The lowest BCUT2D eigenvalue weighted by molar-refractivity contribution is -0.185. The average molecular weight is 429 g/mol. The number of hydrogen-bond acceptors (Lipinski definition) is 4. The Morgan fingerprint density at radius 1 is 1.06 bits per heavy atom. The van der Waals surface area contributed by atoms with Gasteiger partial charge in [0.25, 0.3) is 0 Å². The summed E-state index contributed by atoms with van der Waals surface area (Å²) in [5.74, 6) is -0.829. The number of halogens is 3. The molecule has 0 saturated carbocycles. The Hall–Kier alpha value is -3.13. The third-order valence-electron chi connectivity index (χ3n) is 5.65. The average Bonchev–Trinajstić information content (AvgIpc) is 2.75. The molecule has 2 heterocycles. The van der Waals surface area contributed by atoms with Gasteiger partial charge < -0.3 is 10.5 Å². The van der Waals surface area contributed by atoms with Crippen LogP contribution in [0.4, 0.5) is 13.2 Å². The first kappa shape index (κ1) is 21.1. The number of aromatic nitrogens is 1. The highest BCUT2D eigenvalue weighted by atomic mass is 19.4. The monoisotopic (exact) mass is 429 g/mol. The first-order valence-corrected chi connectivity index (χ1v) is 10.0. The molecule has 1 saturated heterocycles. The van der Waals surface area contributed by atoms with Crippen LogP contribution in [0.2, 0.25) is 0 Å². The molecule has 1 aromatic heterocycles. The number of carbonyl (C=O) groups excluding carboxylic acids is 1. The number of rotatable bonds is 5. The van der Waals surface area contributed by atoms with E-state index in [1.54, 1.807) is 12.1 Å². The minimum atomic E-state index is -4.11. The van der Waals surface area contributed by atoms with Crippen LogP contribution >= 0.6 is 0 Å². The first-order valence-electron chi connectivity index (χ1n) is 10.0. The molecule has 0 aliphatic carbocycles. The van der Waals surface area contributed by atoms with Crippen LogP contribution in [0.5, 0.6) is 11.6 Å². The Kier molecular flexibility index (Phi) is 5.82.